The summed E-state index contributed by atoms with van der Waals surface area (Å²) < 4.78 is 27.2. The smallest absolute Gasteiger partial charge is 0.274 e. The van der Waals surface area contributed by atoms with Crippen LogP contribution in [0.25, 0.3) is 0 Å². The third kappa shape index (κ3) is 2.74. The molecular weight excluding hydrogens is 240 g/mol. The van der Waals surface area contributed by atoms with E-state index in [4.69, 9.17) is 5.73 Å². The maximum atomic E-state index is 13.2. The molecule has 0 amide bonds. The van der Waals surface area contributed by atoms with Gasteiger partial charge in [0.05, 0.1) is 0 Å². The van der Waals surface area contributed by atoms with Gasteiger partial charge in [-0.25, -0.2) is 8.78 Å². The van der Waals surface area contributed by atoms with E-state index in [0.717, 1.165) is 4.47 Å². The van der Waals surface area contributed by atoms with E-state index >= 15 is 0 Å². The summed E-state index contributed by atoms with van der Waals surface area (Å²) in [7, 11) is 0. The van der Waals surface area contributed by atoms with E-state index in [1.807, 2.05) is 0 Å². The minimum atomic E-state index is -2.81. The van der Waals surface area contributed by atoms with Crippen molar-refractivity contribution in [2.24, 2.45) is 5.73 Å². The Hall–Kier alpha value is -0.480. The third-order valence-corrected chi connectivity index (χ3v) is 2.25. The van der Waals surface area contributed by atoms with Crippen molar-refractivity contribution in [1.82, 2.24) is 0 Å². The van der Waals surface area contributed by atoms with Crippen LogP contribution in [0, 0.1) is 0 Å². The molecule has 0 saturated heterocycles. The topological polar surface area (TPSA) is 26.0 Å². The van der Waals surface area contributed by atoms with Gasteiger partial charge in [-0.2, -0.15) is 0 Å². The van der Waals surface area contributed by atoms with Crippen LogP contribution in [0.4, 0.5) is 8.78 Å². The van der Waals surface area contributed by atoms with Gasteiger partial charge in [0.1, 0.15) is 0 Å². The lowest BCUT2D eigenvalue weighted by Crippen LogP contribution is -2.18. The molecule has 0 bridgehead atoms. The fourth-order valence-electron chi connectivity index (χ4n) is 1.02. The summed E-state index contributed by atoms with van der Waals surface area (Å²) in [5.41, 5.74) is 5.11. The lowest BCUT2D eigenvalue weighted by molar-refractivity contribution is -0.0107. The number of alkyl halides is 2. The quantitative estimate of drug-likeness (QED) is 0.876. The zero-order chi connectivity index (χ0) is 9.90. The van der Waals surface area contributed by atoms with Crippen molar-refractivity contribution in [1.29, 1.82) is 0 Å². The van der Waals surface area contributed by atoms with Gasteiger partial charge in [0.15, 0.2) is 0 Å². The average Bonchev–Trinajstić information content (AvgIpc) is 2.05. The third-order valence-electron chi connectivity index (χ3n) is 1.72. The highest BCUT2D eigenvalue weighted by Crippen LogP contribution is 2.31. The maximum Gasteiger partial charge on any atom is 0.274 e. The molecule has 0 heterocycles. The largest absolute Gasteiger partial charge is 0.330 e. The lowest BCUT2D eigenvalue weighted by atomic mass is 10.1. The molecule has 13 heavy (non-hydrogen) atoms. The van der Waals surface area contributed by atoms with Crippen LogP contribution in [0.2, 0.25) is 0 Å². The first-order chi connectivity index (χ1) is 6.06. The summed E-state index contributed by atoms with van der Waals surface area (Å²) in [6.45, 7) is -0.0108. The van der Waals surface area contributed by atoms with E-state index in [-0.39, 0.29) is 18.5 Å². The van der Waals surface area contributed by atoms with Gasteiger partial charge in [0.25, 0.3) is 5.92 Å². The number of nitrogens with two attached hydrogens (primary N) is 1. The molecule has 1 aromatic carbocycles. The summed E-state index contributed by atoms with van der Waals surface area (Å²) in [5, 5.41) is 0. The predicted molar refractivity (Wildman–Crippen MR) is 51.7 cm³/mol. The van der Waals surface area contributed by atoms with Crippen LogP contribution < -0.4 is 5.73 Å². The number of hydrogen-bond donors (Lipinski definition) is 1. The van der Waals surface area contributed by atoms with Gasteiger partial charge >= 0.3 is 0 Å². The minimum Gasteiger partial charge on any atom is -0.330 e. The maximum absolute atomic E-state index is 13.2. The van der Waals surface area contributed by atoms with E-state index in [2.05, 4.69) is 15.9 Å². The molecule has 72 valence electrons. The molecule has 2 N–H and O–H groups in total. The molecule has 0 aliphatic carbocycles. The molecule has 0 aliphatic heterocycles. The highest BCUT2D eigenvalue weighted by Gasteiger charge is 2.29. The SMILES string of the molecule is NCCC(F)(F)c1ccc(Br)cc1. The van der Waals surface area contributed by atoms with Crippen LogP contribution >= 0.6 is 15.9 Å². The first kappa shape index (κ1) is 10.6. The van der Waals surface area contributed by atoms with Crippen LogP contribution in [0.3, 0.4) is 0 Å². The number of halogens is 3. The average molecular weight is 250 g/mol. The van der Waals surface area contributed by atoms with Crippen molar-refractivity contribution < 1.29 is 8.78 Å². The first-order valence-corrected chi connectivity index (χ1v) is 4.69. The van der Waals surface area contributed by atoms with Crippen molar-refractivity contribution in [2.75, 3.05) is 6.54 Å². The number of hydrogen-bond acceptors (Lipinski definition) is 1. The molecule has 0 saturated carbocycles. The lowest BCUT2D eigenvalue weighted by Gasteiger charge is -2.15. The normalized spacial score (nSPS) is 11.7. The second kappa shape index (κ2) is 4.15. The Morgan fingerprint density at radius 2 is 1.77 bits per heavy atom. The molecule has 1 aromatic rings. The van der Waals surface area contributed by atoms with Gasteiger partial charge in [-0.3, -0.25) is 0 Å². The molecule has 0 spiro atoms. The summed E-state index contributed by atoms with van der Waals surface area (Å²) in [6.07, 6.45) is -0.311. The van der Waals surface area contributed by atoms with Crippen LogP contribution in [0.5, 0.6) is 0 Å². The number of benzene rings is 1. The molecule has 0 aromatic heterocycles. The zero-order valence-corrected chi connectivity index (χ0v) is 8.52. The van der Waals surface area contributed by atoms with Crippen LogP contribution in [0.15, 0.2) is 28.7 Å². The predicted octanol–water partition coefficient (Wildman–Crippen LogP) is 2.89. The molecular formula is C9H10BrF2N. The van der Waals surface area contributed by atoms with Crippen molar-refractivity contribution in [3.63, 3.8) is 0 Å². The molecule has 0 radical (unpaired) electrons. The molecule has 0 atom stereocenters. The molecule has 0 aliphatic rings. The van der Waals surface area contributed by atoms with Crippen molar-refractivity contribution in [2.45, 2.75) is 12.3 Å². The van der Waals surface area contributed by atoms with E-state index in [1.165, 1.54) is 12.1 Å². The summed E-state index contributed by atoms with van der Waals surface area (Å²) in [6, 6.07) is 6.00. The van der Waals surface area contributed by atoms with Crippen molar-refractivity contribution >= 4 is 15.9 Å². The van der Waals surface area contributed by atoms with Crippen molar-refractivity contribution in [3.8, 4) is 0 Å². The minimum absolute atomic E-state index is 0.0108. The molecule has 4 heteroatoms. The Bertz CT molecular complexity index is 271. The van der Waals surface area contributed by atoms with Gasteiger partial charge in [-0.1, -0.05) is 28.1 Å². The fraction of sp³-hybridized carbons (Fsp3) is 0.333. The monoisotopic (exact) mass is 249 g/mol. The Labute approximate surface area is 84.1 Å². The molecule has 0 unspecified atom stereocenters. The van der Waals surface area contributed by atoms with Gasteiger partial charge in [0.2, 0.25) is 0 Å². The van der Waals surface area contributed by atoms with Gasteiger partial charge in [-0.05, 0) is 18.7 Å². The fourth-order valence-corrected chi connectivity index (χ4v) is 1.28. The molecule has 0 fully saturated rings. The van der Waals surface area contributed by atoms with E-state index in [0.29, 0.717) is 0 Å². The standard InChI is InChI=1S/C9H10BrF2N/c10-8-3-1-7(2-4-8)9(11,12)5-6-13/h1-4H,5-6,13H2. The van der Waals surface area contributed by atoms with Gasteiger partial charge in [0, 0.05) is 16.5 Å². The Morgan fingerprint density at radius 3 is 2.23 bits per heavy atom. The zero-order valence-electron chi connectivity index (χ0n) is 6.93. The van der Waals surface area contributed by atoms with E-state index in [9.17, 15) is 8.78 Å². The second-order valence-electron chi connectivity index (χ2n) is 2.75. The highest BCUT2D eigenvalue weighted by molar-refractivity contribution is 9.10. The summed E-state index contributed by atoms with van der Waals surface area (Å²) in [4.78, 5) is 0. The Kier molecular flexibility index (Phi) is 3.39. The second-order valence-corrected chi connectivity index (χ2v) is 3.67. The van der Waals surface area contributed by atoms with Crippen LogP contribution in [-0.2, 0) is 5.92 Å². The van der Waals surface area contributed by atoms with Crippen LogP contribution in [-0.4, -0.2) is 6.54 Å². The van der Waals surface area contributed by atoms with Crippen LogP contribution in [0.1, 0.15) is 12.0 Å². The van der Waals surface area contributed by atoms with Gasteiger partial charge in [-0.15, -0.1) is 0 Å². The highest BCUT2D eigenvalue weighted by atomic mass is 79.9. The van der Waals surface area contributed by atoms with Crippen molar-refractivity contribution in [3.05, 3.63) is 34.3 Å². The summed E-state index contributed by atoms with van der Waals surface area (Å²) >= 11 is 3.18. The Morgan fingerprint density at radius 1 is 1.23 bits per heavy atom. The van der Waals surface area contributed by atoms with E-state index < -0.39 is 5.92 Å². The number of rotatable bonds is 3. The summed E-state index contributed by atoms with van der Waals surface area (Å²) in [5.74, 6) is -2.81. The molecule has 1 rings (SSSR count). The van der Waals surface area contributed by atoms with Gasteiger partial charge < -0.3 is 5.73 Å². The van der Waals surface area contributed by atoms with E-state index in [1.54, 1.807) is 12.1 Å². The molecule has 1 nitrogen and oxygen atoms in total. The first-order valence-electron chi connectivity index (χ1n) is 3.90. The Balaban J connectivity index is 2.87.